The number of nitrogens with zero attached hydrogens (tertiary/aromatic N) is 1. The number of hydrogen-bond acceptors (Lipinski definition) is 2. The molecule has 2 aliphatic carbocycles. The van der Waals surface area contributed by atoms with Crippen LogP contribution in [-0.4, -0.2) is 5.78 Å². The first kappa shape index (κ1) is 14.3. The molecule has 0 bridgehead atoms. The van der Waals surface area contributed by atoms with Gasteiger partial charge in [-0.25, -0.2) is 0 Å². The third kappa shape index (κ3) is 2.39. The lowest BCUT2D eigenvalue weighted by Gasteiger charge is -2.39. The highest BCUT2D eigenvalue weighted by molar-refractivity contribution is 5.93. The van der Waals surface area contributed by atoms with E-state index in [-0.39, 0.29) is 11.2 Å². The highest BCUT2D eigenvalue weighted by Crippen LogP contribution is 2.44. The minimum atomic E-state index is -0.811. The molecule has 0 aromatic heterocycles. The molecule has 21 heavy (non-hydrogen) atoms. The molecule has 1 fully saturated rings. The fourth-order valence-electron chi connectivity index (χ4n) is 4.11. The van der Waals surface area contributed by atoms with Crippen molar-refractivity contribution in [2.24, 2.45) is 10.8 Å². The zero-order valence-electron chi connectivity index (χ0n) is 13.0. The van der Waals surface area contributed by atoms with Crippen LogP contribution in [0.15, 0.2) is 18.2 Å². The molecular weight excluding hydrogens is 258 g/mol. The number of benzene rings is 1. The fourth-order valence-corrected chi connectivity index (χ4v) is 4.11. The Morgan fingerprint density at radius 2 is 1.90 bits per heavy atom. The van der Waals surface area contributed by atoms with Crippen LogP contribution in [0.2, 0.25) is 0 Å². The van der Waals surface area contributed by atoms with Gasteiger partial charge < -0.3 is 0 Å². The van der Waals surface area contributed by atoms with Crippen molar-refractivity contribution in [1.29, 1.82) is 5.26 Å². The average Bonchev–Trinajstić information content (AvgIpc) is 2.91. The minimum Gasteiger partial charge on any atom is -0.297 e. The van der Waals surface area contributed by atoms with E-state index in [1.54, 1.807) is 0 Å². The Morgan fingerprint density at radius 3 is 2.67 bits per heavy atom. The molecule has 0 radical (unpaired) electrons. The maximum Gasteiger partial charge on any atom is 0.158 e. The zero-order valence-corrected chi connectivity index (χ0v) is 13.0. The maximum atomic E-state index is 12.8. The second-order valence-electron chi connectivity index (χ2n) is 7.39. The number of Topliss-reactive ketones (excluding diaryl/α,β-unsaturated/α-hetero) is 1. The molecule has 1 atom stereocenters. The summed E-state index contributed by atoms with van der Waals surface area (Å²) >= 11 is 0. The van der Waals surface area contributed by atoms with Crippen LogP contribution in [0.25, 0.3) is 0 Å². The number of ketones is 1. The van der Waals surface area contributed by atoms with Gasteiger partial charge in [-0.15, -0.1) is 0 Å². The summed E-state index contributed by atoms with van der Waals surface area (Å²) < 4.78 is 0. The van der Waals surface area contributed by atoms with Crippen LogP contribution in [-0.2, 0) is 24.1 Å². The van der Waals surface area contributed by atoms with E-state index in [0.717, 1.165) is 24.8 Å². The molecule has 1 saturated carbocycles. The second-order valence-corrected chi connectivity index (χ2v) is 7.39. The Bertz CT molecular complexity index is 623. The summed E-state index contributed by atoms with van der Waals surface area (Å²) in [5.74, 6) is 0.143. The molecule has 1 unspecified atom stereocenters. The van der Waals surface area contributed by atoms with Crippen molar-refractivity contribution in [2.75, 3.05) is 0 Å². The molecule has 2 nitrogen and oxygen atoms in total. The normalized spacial score (nSPS) is 27.2. The molecule has 0 heterocycles. The van der Waals surface area contributed by atoms with Gasteiger partial charge in [0.15, 0.2) is 5.78 Å². The first-order valence-corrected chi connectivity index (χ1v) is 8.04. The van der Waals surface area contributed by atoms with Gasteiger partial charge in [-0.05, 0) is 55.2 Å². The molecule has 2 aliphatic rings. The van der Waals surface area contributed by atoms with Crippen LogP contribution in [0.4, 0.5) is 0 Å². The summed E-state index contributed by atoms with van der Waals surface area (Å²) in [4.78, 5) is 12.8. The maximum absolute atomic E-state index is 12.8. The van der Waals surface area contributed by atoms with E-state index in [4.69, 9.17) is 0 Å². The number of carbonyl (C=O) groups is 1. The third-order valence-electron chi connectivity index (χ3n) is 5.34. The van der Waals surface area contributed by atoms with E-state index in [1.807, 2.05) is 13.8 Å². The van der Waals surface area contributed by atoms with Gasteiger partial charge in [0.1, 0.15) is 5.41 Å². The van der Waals surface area contributed by atoms with Crippen molar-refractivity contribution in [2.45, 2.75) is 58.8 Å². The lowest BCUT2D eigenvalue weighted by molar-refractivity contribution is -0.138. The molecule has 0 saturated heterocycles. The number of aryl methyl sites for hydroxylation is 2. The highest BCUT2D eigenvalue weighted by Gasteiger charge is 2.48. The number of hydrogen-bond donors (Lipinski definition) is 0. The van der Waals surface area contributed by atoms with Crippen molar-refractivity contribution in [1.82, 2.24) is 0 Å². The Kier molecular flexibility index (Phi) is 3.40. The summed E-state index contributed by atoms with van der Waals surface area (Å²) in [5, 5.41) is 9.73. The molecular formula is C19H23NO. The first-order chi connectivity index (χ1) is 9.97. The van der Waals surface area contributed by atoms with E-state index in [1.165, 1.54) is 24.0 Å². The topological polar surface area (TPSA) is 40.9 Å². The van der Waals surface area contributed by atoms with Crippen molar-refractivity contribution < 1.29 is 4.79 Å². The van der Waals surface area contributed by atoms with Crippen LogP contribution in [0.5, 0.6) is 0 Å². The highest BCUT2D eigenvalue weighted by atomic mass is 16.1. The first-order valence-electron chi connectivity index (χ1n) is 8.04. The van der Waals surface area contributed by atoms with Crippen LogP contribution < -0.4 is 0 Å². The summed E-state index contributed by atoms with van der Waals surface area (Å²) in [6, 6.07) is 8.94. The van der Waals surface area contributed by atoms with E-state index >= 15 is 0 Å². The van der Waals surface area contributed by atoms with Crippen molar-refractivity contribution in [3.8, 4) is 6.07 Å². The Labute approximate surface area is 127 Å². The standard InChI is InChI=1S/C19H23NO/c1-18(2)9-4-10-19(13-20,17(18)21)12-14-7-8-15-5-3-6-16(15)11-14/h7-8,11H,3-6,9-10,12H2,1-2H3. The molecule has 110 valence electrons. The minimum absolute atomic E-state index is 0.143. The zero-order chi connectivity index (χ0) is 15.1. The van der Waals surface area contributed by atoms with Crippen molar-refractivity contribution in [3.63, 3.8) is 0 Å². The van der Waals surface area contributed by atoms with E-state index < -0.39 is 5.41 Å². The number of nitriles is 1. The molecule has 0 spiro atoms. The largest absolute Gasteiger partial charge is 0.297 e. The third-order valence-corrected chi connectivity index (χ3v) is 5.34. The van der Waals surface area contributed by atoms with E-state index in [0.29, 0.717) is 12.8 Å². The summed E-state index contributed by atoms with van der Waals surface area (Å²) in [5.41, 5.74) is 2.85. The smallest absolute Gasteiger partial charge is 0.158 e. The predicted molar refractivity (Wildman–Crippen MR) is 82.9 cm³/mol. The van der Waals surface area contributed by atoms with Gasteiger partial charge in [0, 0.05) is 5.41 Å². The Balaban J connectivity index is 1.91. The van der Waals surface area contributed by atoms with Crippen molar-refractivity contribution in [3.05, 3.63) is 34.9 Å². The van der Waals surface area contributed by atoms with Gasteiger partial charge >= 0.3 is 0 Å². The van der Waals surface area contributed by atoms with Gasteiger partial charge in [-0.2, -0.15) is 5.26 Å². The van der Waals surface area contributed by atoms with Crippen LogP contribution in [0, 0.1) is 22.2 Å². The van der Waals surface area contributed by atoms with Gasteiger partial charge in [-0.1, -0.05) is 38.5 Å². The summed E-state index contributed by atoms with van der Waals surface area (Å²) in [7, 11) is 0. The molecule has 1 aromatic carbocycles. The van der Waals surface area contributed by atoms with Crippen LogP contribution >= 0.6 is 0 Å². The second kappa shape index (κ2) is 4.98. The molecule has 0 amide bonds. The molecule has 0 aliphatic heterocycles. The quantitative estimate of drug-likeness (QED) is 0.822. The average molecular weight is 281 g/mol. The fraction of sp³-hybridized carbons (Fsp3) is 0.579. The molecule has 3 rings (SSSR count). The van der Waals surface area contributed by atoms with E-state index in [9.17, 15) is 10.1 Å². The molecule has 0 N–H and O–H groups in total. The van der Waals surface area contributed by atoms with Gasteiger partial charge in [0.25, 0.3) is 0 Å². The predicted octanol–water partition coefficient (Wildman–Crippen LogP) is 4.01. The number of fused-ring (bicyclic) bond motifs is 1. The van der Waals surface area contributed by atoms with E-state index in [2.05, 4.69) is 24.3 Å². The lowest BCUT2D eigenvalue weighted by Crippen LogP contribution is -2.45. The summed E-state index contributed by atoms with van der Waals surface area (Å²) in [6.45, 7) is 3.98. The van der Waals surface area contributed by atoms with Gasteiger partial charge in [0.05, 0.1) is 6.07 Å². The van der Waals surface area contributed by atoms with Crippen LogP contribution in [0.3, 0.4) is 0 Å². The Morgan fingerprint density at radius 1 is 1.14 bits per heavy atom. The van der Waals surface area contributed by atoms with Crippen LogP contribution in [0.1, 0.15) is 56.2 Å². The summed E-state index contributed by atoms with van der Waals surface area (Å²) in [6.07, 6.45) is 6.71. The monoisotopic (exact) mass is 281 g/mol. The molecule has 1 aromatic rings. The van der Waals surface area contributed by atoms with Gasteiger partial charge in [-0.3, -0.25) is 4.79 Å². The van der Waals surface area contributed by atoms with Crippen molar-refractivity contribution >= 4 is 5.78 Å². The Hall–Kier alpha value is -1.62. The van der Waals surface area contributed by atoms with Gasteiger partial charge in [0.2, 0.25) is 0 Å². The molecule has 2 heteroatoms. The number of carbonyl (C=O) groups excluding carboxylic acids is 1. The number of rotatable bonds is 2. The lowest BCUT2D eigenvalue weighted by atomic mass is 9.61. The SMILES string of the molecule is CC1(C)CCCC(C#N)(Cc2ccc3c(c2)CCC3)C1=O.